The van der Waals surface area contributed by atoms with Crippen LogP contribution in [0.3, 0.4) is 0 Å². The van der Waals surface area contributed by atoms with Gasteiger partial charge in [0.25, 0.3) is 0 Å². The minimum Gasteiger partial charge on any atom is -0.466 e. The number of hydrogen-bond donors (Lipinski definition) is 1. The van der Waals surface area contributed by atoms with E-state index in [1.165, 1.54) is 7.11 Å². The van der Waals surface area contributed by atoms with Crippen LogP contribution < -0.4 is 5.32 Å². The van der Waals surface area contributed by atoms with Crippen LogP contribution in [0.2, 0.25) is 5.02 Å². The average molecular weight is 303 g/mol. The minimum absolute atomic E-state index is 0.410. The van der Waals surface area contributed by atoms with Crippen molar-refractivity contribution in [3.8, 4) is 6.07 Å². The molecule has 1 aromatic rings. The molecule has 0 saturated carbocycles. The van der Waals surface area contributed by atoms with Gasteiger partial charge in [-0.05, 0) is 25.5 Å². The zero-order chi connectivity index (χ0) is 15.6. The number of nitriles is 1. The fourth-order valence-corrected chi connectivity index (χ4v) is 2.79. The fraction of sp³-hybridized carbons (Fsp3) is 0.250. The highest BCUT2D eigenvalue weighted by Gasteiger charge is 2.34. The first-order valence-corrected chi connectivity index (χ1v) is 6.80. The van der Waals surface area contributed by atoms with Crippen LogP contribution in [0.5, 0.6) is 0 Å². The van der Waals surface area contributed by atoms with Crippen LogP contribution in [0.1, 0.15) is 25.3 Å². The number of methoxy groups -OCH3 is 1. The predicted molar refractivity (Wildman–Crippen MR) is 80.4 cm³/mol. The molecule has 2 rings (SSSR count). The quantitative estimate of drug-likeness (QED) is 0.852. The average Bonchev–Trinajstić information content (AvgIpc) is 2.46. The van der Waals surface area contributed by atoms with E-state index in [0.29, 0.717) is 27.6 Å². The normalized spacial score (nSPS) is 18.1. The monoisotopic (exact) mass is 302 g/mol. The summed E-state index contributed by atoms with van der Waals surface area (Å²) >= 11 is 6.26. The molecule has 0 aliphatic carbocycles. The number of dihydropyridines is 1. The van der Waals surface area contributed by atoms with Crippen molar-refractivity contribution in [1.82, 2.24) is 5.32 Å². The third kappa shape index (κ3) is 2.65. The lowest BCUT2D eigenvalue weighted by Gasteiger charge is -2.28. The van der Waals surface area contributed by atoms with Gasteiger partial charge in [-0.25, -0.2) is 4.79 Å². The second kappa shape index (κ2) is 6.02. The molecule has 108 valence electrons. The predicted octanol–water partition coefficient (Wildman–Crippen LogP) is 3.27. The Bertz CT molecular complexity index is 698. The summed E-state index contributed by atoms with van der Waals surface area (Å²) in [6.45, 7) is 3.59. The van der Waals surface area contributed by atoms with E-state index in [1.807, 2.05) is 18.2 Å². The van der Waals surface area contributed by atoms with Crippen molar-refractivity contribution in [2.45, 2.75) is 19.8 Å². The molecule has 21 heavy (non-hydrogen) atoms. The molecule has 0 aromatic heterocycles. The molecule has 0 spiro atoms. The van der Waals surface area contributed by atoms with Crippen LogP contribution in [0.4, 0.5) is 0 Å². The first-order valence-electron chi connectivity index (χ1n) is 6.42. The van der Waals surface area contributed by atoms with E-state index in [9.17, 15) is 10.1 Å². The number of hydrogen-bond acceptors (Lipinski definition) is 4. The number of nitrogens with zero attached hydrogens (tertiary/aromatic N) is 1. The van der Waals surface area contributed by atoms with E-state index in [0.717, 1.165) is 5.56 Å². The summed E-state index contributed by atoms with van der Waals surface area (Å²) < 4.78 is 4.87. The summed E-state index contributed by atoms with van der Waals surface area (Å²) in [4.78, 5) is 12.1. The Morgan fingerprint density at radius 2 is 2.00 bits per heavy atom. The molecule has 1 unspecified atom stereocenters. The van der Waals surface area contributed by atoms with Crippen LogP contribution in [0, 0.1) is 11.3 Å². The molecule has 1 heterocycles. The fourth-order valence-electron chi connectivity index (χ4n) is 2.54. The van der Waals surface area contributed by atoms with Gasteiger partial charge in [-0.2, -0.15) is 5.26 Å². The number of nitrogens with one attached hydrogen (secondary N) is 1. The van der Waals surface area contributed by atoms with E-state index in [2.05, 4.69) is 11.4 Å². The lowest BCUT2D eigenvalue weighted by molar-refractivity contribution is -0.136. The van der Waals surface area contributed by atoms with E-state index in [1.54, 1.807) is 19.9 Å². The van der Waals surface area contributed by atoms with Crippen LogP contribution in [-0.4, -0.2) is 13.1 Å². The number of esters is 1. The molecule has 1 N–H and O–H groups in total. The van der Waals surface area contributed by atoms with Crippen molar-refractivity contribution in [3.63, 3.8) is 0 Å². The number of carbonyl (C=O) groups excluding carboxylic acids is 1. The zero-order valence-electron chi connectivity index (χ0n) is 12.0. The highest BCUT2D eigenvalue weighted by Crippen LogP contribution is 2.40. The van der Waals surface area contributed by atoms with Crippen molar-refractivity contribution in [2.75, 3.05) is 7.11 Å². The SMILES string of the molecule is COC(=O)C1=C(C)NC(C)=C(C#N)C1c1ccccc1Cl. The largest absolute Gasteiger partial charge is 0.466 e. The number of rotatable bonds is 2. The van der Waals surface area contributed by atoms with E-state index >= 15 is 0 Å². The molecule has 1 aliphatic heterocycles. The smallest absolute Gasteiger partial charge is 0.336 e. The van der Waals surface area contributed by atoms with Crippen LogP contribution in [-0.2, 0) is 9.53 Å². The third-order valence-electron chi connectivity index (χ3n) is 3.50. The maximum Gasteiger partial charge on any atom is 0.336 e. The Balaban J connectivity index is 2.70. The van der Waals surface area contributed by atoms with Gasteiger partial charge >= 0.3 is 5.97 Å². The zero-order valence-corrected chi connectivity index (χ0v) is 12.8. The summed E-state index contributed by atoms with van der Waals surface area (Å²) in [6.07, 6.45) is 0. The van der Waals surface area contributed by atoms with E-state index in [-0.39, 0.29) is 0 Å². The van der Waals surface area contributed by atoms with E-state index in [4.69, 9.17) is 16.3 Å². The van der Waals surface area contributed by atoms with Gasteiger partial charge in [-0.1, -0.05) is 29.8 Å². The van der Waals surface area contributed by atoms with Crippen molar-refractivity contribution >= 4 is 17.6 Å². The Labute approximate surface area is 128 Å². The highest BCUT2D eigenvalue weighted by atomic mass is 35.5. The number of carbonyl (C=O) groups is 1. The maximum absolute atomic E-state index is 12.1. The molecule has 0 fully saturated rings. The maximum atomic E-state index is 12.1. The second-order valence-corrected chi connectivity index (χ2v) is 5.17. The van der Waals surface area contributed by atoms with Gasteiger partial charge < -0.3 is 10.1 Å². The second-order valence-electron chi connectivity index (χ2n) is 4.76. The van der Waals surface area contributed by atoms with Gasteiger partial charge in [0.2, 0.25) is 0 Å². The first-order chi connectivity index (χ1) is 10.0. The molecule has 1 aliphatic rings. The number of ether oxygens (including phenoxy) is 1. The van der Waals surface area contributed by atoms with E-state index < -0.39 is 11.9 Å². The van der Waals surface area contributed by atoms with Gasteiger partial charge in [-0.3, -0.25) is 0 Å². The molecule has 1 atom stereocenters. The molecule has 5 heteroatoms. The molecule has 0 saturated heterocycles. The third-order valence-corrected chi connectivity index (χ3v) is 3.85. The molecular formula is C16H15ClN2O2. The molecule has 4 nitrogen and oxygen atoms in total. The Morgan fingerprint density at radius 3 is 2.57 bits per heavy atom. The van der Waals surface area contributed by atoms with Gasteiger partial charge in [0.15, 0.2) is 0 Å². The number of benzene rings is 1. The van der Waals surface area contributed by atoms with Crippen molar-refractivity contribution < 1.29 is 9.53 Å². The highest BCUT2D eigenvalue weighted by molar-refractivity contribution is 6.31. The summed E-state index contributed by atoms with van der Waals surface area (Å²) in [5, 5.41) is 13.0. The summed E-state index contributed by atoms with van der Waals surface area (Å²) in [5.74, 6) is -0.984. The lowest BCUT2D eigenvalue weighted by Crippen LogP contribution is -2.28. The topological polar surface area (TPSA) is 62.1 Å². The molecule has 0 bridgehead atoms. The van der Waals surface area contributed by atoms with Gasteiger partial charge in [-0.15, -0.1) is 0 Å². The Morgan fingerprint density at radius 1 is 1.33 bits per heavy atom. The molecule has 1 aromatic carbocycles. The lowest BCUT2D eigenvalue weighted by atomic mass is 9.81. The summed E-state index contributed by atoms with van der Waals surface area (Å²) in [5.41, 5.74) is 2.98. The summed E-state index contributed by atoms with van der Waals surface area (Å²) in [7, 11) is 1.32. The summed E-state index contributed by atoms with van der Waals surface area (Å²) in [6, 6.07) is 9.38. The Kier molecular flexibility index (Phi) is 4.35. The molecule has 0 radical (unpaired) electrons. The van der Waals surface area contributed by atoms with Crippen LogP contribution >= 0.6 is 11.6 Å². The van der Waals surface area contributed by atoms with Gasteiger partial charge in [0.05, 0.1) is 30.2 Å². The van der Waals surface area contributed by atoms with Crippen molar-refractivity contribution in [2.24, 2.45) is 0 Å². The Hall–Kier alpha value is -2.25. The van der Waals surface area contributed by atoms with Gasteiger partial charge in [0, 0.05) is 16.4 Å². The van der Waals surface area contributed by atoms with Gasteiger partial charge in [0.1, 0.15) is 0 Å². The first kappa shape index (κ1) is 15.1. The number of allylic oxidation sites excluding steroid dienone is 3. The standard InChI is InChI=1S/C16H15ClN2O2/c1-9-12(8-18)15(11-6-4-5-7-13(11)17)14(10(2)19-9)16(20)21-3/h4-7,15,19H,1-3H3. The minimum atomic E-state index is -0.516. The molecule has 0 amide bonds. The number of halogens is 1. The van der Waals surface area contributed by atoms with Crippen molar-refractivity contribution in [1.29, 1.82) is 5.26 Å². The van der Waals surface area contributed by atoms with Crippen LogP contribution in [0.25, 0.3) is 0 Å². The van der Waals surface area contributed by atoms with Crippen molar-refractivity contribution in [3.05, 3.63) is 57.4 Å². The van der Waals surface area contributed by atoms with Crippen LogP contribution in [0.15, 0.2) is 46.8 Å². The molecular weight excluding hydrogens is 288 g/mol.